The van der Waals surface area contributed by atoms with Gasteiger partial charge in [-0.25, -0.2) is 4.42 Å². The van der Waals surface area contributed by atoms with Gasteiger partial charge >= 0.3 is 0 Å². The first-order chi connectivity index (χ1) is 7.66. The highest BCUT2D eigenvalue weighted by Crippen LogP contribution is 2.36. The molecule has 2 atom stereocenters. The van der Waals surface area contributed by atoms with Crippen molar-refractivity contribution in [3.8, 4) is 0 Å². The molecule has 84 valence electrons. The Kier molecular flexibility index (Phi) is 2.35. The Hall–Kier alpha value is -0.770. The molecule has 16 heavy (non-hydrogen) atoms. The SMILES string of the molecule is O=C1N[C@H]2CN(Cl)C[C@@H]2c2cccc(Cl)c21. The van der Waals surface area contributed by atoms with Gasteiger partial charge < -0.3 is 5.32 Å². The summed E-state index contributed by atoms with van der Waals surface area (Å²) in [5, 5.41) is 3.47. The maximum Gasteiger partial charge on any atom is 0.253 e. The number of nitrogens with one attached hydrogen (secondary N) is 1. The van der Waals surface area contributed by atoms with E-state index in [0.717, 1.165) is 12.1 Å². The second-order valence-corrected chi connectivity index (χ2v) is 5.10. The normalized spacial score (nSPS) is 28.5. The van der Waals surface area contributed by atoms with Crippen LogP contribution in [0, 0.1) is 0 Å². The largest absolute Gasteiger partial charge is 0.347 e. The molecule has 0 bridgehead atoms. The van der Waals surface area contributed by atoms with Crippen LogP contribution in [0.4, 0.5) is 0 Å². The quantitative estimate of drug-likeness (QED) is 0.721. The van der Waals surface area contributed by atoms with Crippen LogP contribution in [0.15, 0.2) is 18.2 Å². The van der Waals surface area contributed by atoms with Crippen molar-refractivity contribution in [2.24, 2.45) is 0 Å². The standard InChI is InChI=1S/C11H10Cl2N2O/c12-8-3-1-2-6-7-4-15(13)5-9(7)14-11(16)10(6)8/h1-3,7,9H,4-5H2,(H,14,16)/t7-,9+/m1/s1. The van der Waals surface area contributed by atoms with Crippen LogP contribution in [-0.4, -0.2) is 29.5 Å². The maximum absolute atomic E-state index is 11.9. The highest BCUT2D eigenvalue weighted by molar-refractivity contribution is 6.34. The summed E-state index contributed by atoms with van der Waals surface area (Å²) < 4.78 is 1.71. The van der Waals surface area contributed by atoms with Crippen LogP contribution in [0.25, 0.3) is 0 Å². The van der Waals surface area contributed by atoms with E-state index in [0.29, 0.717) is 17.1 Å². The summed E-state index contributed by atoms with van der Waals surface area (Å²) in [6.07, 6.45) is 0. The number of hydrogen-bond acceptors (Lipinski definition) is 2. The number of rotatable bonds is 0. The van der Waals surface area contributed by atoms with Crippen LogP contribution < -0.4 is 5.32 Å². The number of nitrogens with zero attached hydrogens (tertiary/aromatic N) is 1. The van der Waals surface area contributed by atoms with E-state index in [-0.39, 0.29) is 17.9 Å². The molecular formula is C11H10Cl2N2O. The molecule has 0 spiro atoms. The Morgan fingerprint density at radius 1 is 1.38 bits per heavy atom. The van der Waals surface area contributed by atoms with Crippen LogP contribution in [0.1, 0.15) is 21.8 Å². The molecule has 3 rings (SSSR count). The lowest BCUT2D eigenvalue weighted by molar-refractivity contribution is 0.0924. The molecule has 0 radical (unpaired) electrons. The van der Waals surface area contributed by atoms with Crippen LogP contribution in [0.2, 0.25) is 5.02 Å². The predicted molar refractivity (Wildman–Crippen MR) is 62.9 cm³/mol. The molecule has 3 nitrogen and oxygen atoms in total. The highest BCUT2D eigenvalue weighted by atomic mass is 35.5. The minimum absolute atomic E-state index is 0.0891. The summed E-state index contributed by atoms with van der Waals surface area (Å²) in [6.45, 7) is 1.43. The van der Waals surface area contributed by atoms with E-state index in [1.54, 1.807) is 10.5 Å². The fourth-order valence-corrected chi connectivity index (χ4v) is 3.11. The van der Waals surface area contributed by atoms with E-state index >= 15 is 0 Å². The minimum Gasteiger partial charge on any atom is -0.347 e. The van der Waals surface area contributed by atoms with Crippen LogP contribution in [0.3, 0.4) is 0 Å². The first-order valence-electron chi connectivity index (χ1n) is 5.17. The fourth-order valence-electron chi connectivity index (χ4n) is 2.55. The molecule has 1 fully saturated rings. The second-order valence-electron chi connectivity index (χ2n) is 4.22. The molecule has 0 aliphatic carbocycles. The fraction of sp³-hybridized carbons (Fsp3) is 0.364. The highest BCUT2D eigenvalue weighted by Gasteiger charge is 2.40. The monoisotopic (exact) mass is 256 g/mol. The number of carbonyl (C=O) groups is 1. The molecule has 2 heterocycles. The molecule has 1 amide bonds. The Morgan fingerprint density at radius 2 is 2.19 bits per heavy atom. The average Bonchev–Trinajstić information content (AvgIpc) is 2.58. The van der Waals surface area contributed by atoms with Gasteiger partial charge in [0.25, 0.3) is 5.91 Å². The summed E-state index contributed by atoms with van der Waals surface area (Å²) in [4.78, 5) is 11.9. The molecule has 0 unspecified atom stereocenters. The molecule has 1 saturated heterocycles. The number of hydrogen-bond donors (Lipinski definition) is 1. The third-order valence-corrected chi connectivity index (χ3v) is 3.86. The molecule has 1 aromatic carbocycles. The Balaban J connectivity index is 2.13. The average molecular weight is 257 g/mol. The van der Waals surface area contributed by atoms with Crippen molar-refractivity contribution >= 4 is 29.3 Å². The van der Waals surface area contributed by atoms with Gasteiger partial charge in [0.1, 0.15) is 0 Å². The topological polar surface area (TPSA) is 32.3 Å². The lowest BCUT2D eigenvalue weighted by Gasteiger charge is -2.28. The van der Waals surface area contributed by atoms with Crippen molar-refractivity contribution < 1.29 is 4.79 Å². The first kappa shape index (κ1) is 10.4. The van der Waals surface area contributed by atoms with Crippen LogP contribution in [0.5, 0.6) is 0 Å². The number of amides is 1. The van der Waals surface area contributed by atoms with Gasteiger partial charge in [-0.1, -0.05) is 23.7 Å². The Bertz CT molecular complexity index is 463. The van der Waals surface area contributed by atoms with E-state index in [1.807, 2.05) is 12.1 Å². The third kappa shape index (κ3) is 1.43. The van der Waals surface area contributed by atoms with E-state index in [9.17, 15) is 4.79 Å². The van der Waals surface area contributed by atoms with Gasteiger partial charge in [0.05, 0.1) is 16.6 Å². The lowest BCUT2D eigenvalue weighted by Crippen LogP contribution is -2.44. The van der Waals surface area contributed by atoms with Crippen LogP contribution >= 0.6 is 23.4 Å². The summed E-state index contributed by atoms with van der Waals surface area (Å²) in [5.74, 6) is 0.165. The maximum atomic E-state index is 11.9. The number of fused-ring (bicyclic) bond motifs is 3. The molecular weight excluding hydrogens is 247 g/mol. The molecule has 1 aromatic rings. The molecule has 5 heteroatoms. The lowest BCUT2D eigenvalue weighted by atomic mass is 9.86. The van der Waals surface area contributed by atoms with Crippen molar-refractivity contribution in [3.63, 3.8) is 0 Å². The van der Waals surface area contributed by atoms with Crippen molar-refractivity contribution in [2.75, 3.05) is 13.1 Å². The summed E-state index contributed by atoms with van der Waals surface area (Å²) in [5.41, 5.74) is 1.63. The number of carbonyl (C=O) groups excluding carboxylic acids is 1. The zero-order valence-electron chi connectivity index (χ0n) is 8.41. The van der Waals surface area contributed by atoms with E-state index in [2.05, 4.69) is 5.32 Å². The van der Waals surface area contributed by atoms with Gasteiger partial charge in [-0.3, -0.25) is 4.79 Å². The molecule has 1 N–H and O–H groups in total. The summed E-state index contributed by atoms with van der Waals surface area (Å²) in [6, 6.07) is 5.70. The van der Waals surface area contributed by atoms with Crippen molar-refractivity contribution in [1.82, 2.24) is 9.74 Å². The van der Waals surface area contributed by atoms with Crippen molar-refractivity contribution in [1.29, 1.82) is 0 Å². The number of halogens is 2. The zero-order chi connectivity index (χ0) is 11.3. The smallest absolute Gasteiger partial charge is 0.253 e. The van der Waals surface area contributed by atoms with Crippen molar-refractivity contribution in [3.05, 3.63) is 34.3 Å². The first-order valence-corrected chi connectivity index (χ1v) is 5.88. The van der Waals surface area contributed by atoms with Crippen molar-refractivity contribution in [2.45, 2.75) is 12.0 Å². The zero-order valence-corrected chi connectivity index (χ0v) is 9.92. The predicted octanol–water partition coefficient (Wildman–Crippen LogP) is 2.00. The van der Waals surface area contributed by atoms with E-state index in [4.69, 9.17) is 23.4 Å². The van der Waals surface area contributed by atoms with Gasteiger partial charge in [-0.2, -0.15) is 0 Å². The second kappa shape index (κ2) is 3.62. The Morgan fingerprint density at radius 3 is 3.00 bits per heavy atom. The molecule has 2 aliphatic heterocycles. The minimum atomic E-state index is -0.0891. The molecule has 0 aromatic heterocycles. The molecule has 2 aliphatic rings. The van der Waals surface area contributed by atoms with Gasteiger partial charge in [0, 0.05) is 19.0 Å². The van der Waals surface area contributed by atoms with Gasteiger partial charge in [-0.15, -0.1) is 0 Å². The third-order valence-electron chi connectivity index (χ3n) is 3.26. The summed E-state index contributed by atoms with van der Waals surface area (Å²) in [7, 11) is 0. The molecule has 0 saturated carbocycles. The van der Waals surface area contributed by atoms with Crippen LogP contribution in [-0.2, 0) is 0 Å². The van der Waals surface area contributed by atoms with Gasteiger partial charge in [0.15, 0.2) is 0 Å². The number of benzene rings is 1. The van der Waals surface area contributed by atoms with E-state index in [1.165, 1.54) is 0 Å². The van der Waals surface area contributed by atoms with E-state index < -0.39 is 0 Å². The van der Waals surface area contributed by atoms with Gasteiger partial charge in [0.2, 0.25) is 0 Å². The summed E-state index contributed by atoms with van der Waals surface area (Å²) >= 11 is 12.0. The van der Waals surface area contributed by atoms with Gasteiger partial charge in [-0.05, 0) is 23.4 Å². The Labute approximate surface area is 103 Å².